The van der Waals surface area contributed by atoms with Gasteiger partial charge >= 0.3 is 0 Å². The molecule has 7 nitrogen and oxygen atoms in total. The summed E-state index contributed by atoms with van der Waals surface area (Å²) in [6.07, 6.45) is 2.90. The first-order valence-corrected chi connectivity index (χ1v) is 7.68. The molecule has 0 aliphatic carbocycles. The number of hydrogen-bond acceptors (Lipinski definition) is 7. The molecule has 0 fully saturated rings. The number of pyridine rings is 1. The molecule has 7 heteroatoms. The largest absolute Gasteiger partial charge is 0.479 e. The van der Waals surface area contributed by atoms with Gasteiger partial charge in [0.2, 0.25) is 17.7 Å². The Morgan fingerprint density at radius 3 is 2.80 bits per heavy atom. The maximum Gasteiger partial charge on any atom is 0.247 e. The number of hydrogen-bond donors (Lipinski definition) is 0. The van der Waals surface area contributed by atoms with Crippen LogP contribution in [0.4, 0.5) is 5.69 Å². The number of fused-ring (bicyclic) bond motifs is 1. The summed E-state index contributed by atoms with van der Waals surface area (Å²) in [4.78, 5) is 8.75. The summed E-state index contributed by atoms with van der Waals surface area (Å²) in [5.74, 6) is 1.45. The Morgan fingerprint density at radius 1 is 1.20 bits per heavy atom. The van der Waals surface area contributed by atoms with Gasteiger partial charge in [0.05, 0.1) is 25.2 Å². The minimum Gasteiger partial charge on any atom is -0.479 e. The van der Waals surface area contributed by atoms with Crippen molar-refractivity contribution in [3.05, 3.63) is 53.5 Å². The molecule has 25 heavy (non-hydrogen) atoms. The second-order valence-corrected chi connectivity index (χ2v) is 5.55. The van der Waals surface area contributed by atoms with Crippen molar-refractivity contribution in [3.8, 4) is 23.4 Å². The van der Waals surface area contributed by atoms with E-state index in [1.165, 1.54) is 0 Å². The first-order valence-electron chi connectivity index (χ1n) is 7.68. The van der Waals surface area contributed by atoms with Crippen LogP contribution in [0.2, 0.25) is 0 Å². The second kappa shape index (κ2) is 6.17. The molecular formula is C18H13N5O2. The molecule has 0 saturated heterocycles. The SMILES string of the molecule is COc1nccc2c1N=C(Cc1nnc(-c3ccc(C#N)cc3)o1)C2. The Balaban J connectivity index is 1.53. The number of benzene rings is 1. The molecule has 1 aromatic carbocycles. The number of methoxy groups -OCH3 is 1. The molecule has 122 valence electrons. The number of nitrogens with zero attached hydrogens (tertiary/aromatic N) is 5. The third-order valence-corrected chi connectivity index (χ3v) is 3.92. The molecule has 3 heterocycles. The van der Waals surface area contributed by atoms with E-state index in [0.29, 0.717) is 36.1 Å². The minimum absolute atomic E-state index is 0.426. The van der Waals surface area contributed by atoms with Gasteiger partial charge in [-0.1, -0.05) is 0 Å². The van der Waals surface area contributed by atoms with Crippen molar-refractivity contribution in [2.45, 2.75) is 12.8 Å². The molecule has 0 bridgehead atoms. The summed E-state index contributed by atoms with van der Waals surface area (Å²) in [7, 11) is 1.58. The quantitative estimate of drug-likeness (QED) is 0.729. The zero-order valence-corrected chi connectivity index (χ0v) is 13.4. The van der Waals surface area contributed by atoms with Crippen LogP contribution >= 0.6 is 0 Å². The smallest absolute Gasteiger partial charge is 0.247 e. The topological polar surface area (TPSA) is 97.2 Å². The van der Waals surface area contributed by atoms with E-state index < -0.39 is 0 Å². The lowest BCUT2D eigenvalue weighted by molar-refractivity contribution is 0.399. The Bertz CT molecular complexity index is 999. The van der Waals surface area contributed by atoms with E-state index in [0.717, 1.165) is 22.5 Å². The van der Waals surface area contributed by atoms with Gasteiger partial charge in [0.15, 0.2) is 0 Å². The Hall–Kier alpha value is -3.53. The maximum absolute atomic E-state index is 8.85. The zero-order chi connectivity index (χ0) is 17.2. The van der Waals surface area contributed by atoms with Crippen molar-refractivity contribution in [3.63, 3.8) is 0 Å². The van der Waals surface area contributed by atoms with Crippen LogP contribution in [-0.4, -0.2) is 28.0 Å². The summed E-state index contributed by atoms with van der Waals surface area (Å²) < 4.78 is 11.0. The monoisotopic (exact) mass is 331 g/mol. The Kier molecular flexibility index (Phi) is 3.71. The predicted octanol–water partition coefficient (Wildman–Crippen LogP) is 2.88. The van der Waals surface area contributed by atoms with Crippen LogP contribution in [0.25, 0.3) is 11.5 Å². The van der Waals surface area contributed by atoms with Gasteiger partial charge < -0.3 is 9.15 Å². The van der Waals surface area contributed by atoms with E-state index in [-0.39, 0.29) is 0 Å². The lowest BCUT2D eigenvalue weighted by Crippen LogP contribution is -2.02. The summed E-state index contributed by atoms with van der Waals surface area (Å²) in [5, 5.41) is 17.0. The number of ether oxygens (including phenoxy) is 1. The van der Waals surface area contributed by atoms with Gasteiger partial charge in [0.1, 0.15) is 5.69 Å². The maximum atomic E-state index is 8.85. The van der Waals surface area contributed by atoms with E-state index in [1.54, 1.807) is 37.6 Å². The van der Waals surface area contributed by atoms with Crippen molar-refractivity contribution >= 4 is 11.4 Å². The summed E-state index contributed by atoms with van der Waals surface area (Å²) in [6.45, 7) is 0. The lowest BCUT2D eigenvalue weighted by Gasteiger charge is -2.01. The third kappa shape index (κ3) is 2.85. The Morgan fingerprint density at radius 2 is 2.04 bits per heavy atom. The van der Waals surface area contributed by atoms with E-state index in [2.05, 4.69) is 26.2 Å². The standard InChI is InChI=1S/C18H13N5O2/c1-24-18-16-13(6-7-20-18)8-14(21-16)9-15-22-23-17(25-15)12-4-2-11(10-19)3-5-12/h2-7H,8-9H2,1H3. The molecule has 1 aliphatic rings. The molecule has 0 spiro atoms. The lowest BCUT2D eigenvalue weighted by atomic mass is 10.1. The summed E-state index contributed by atoms with van der Waals surface area (Å²) >= 11 is 0. The number of aromatic nitrogens is 3. The summed E-state index contributed by atoms with van der Waals surface area (Å²) in [5.41, 5.74) is 4.14. The fourth-order valence-corrected chi connectivity index (χ4v) is 2.71. The molecule has 0 amide bonds. The zero-order valence-electron chi connectivity index (χ0n) is 13.4. The van der Waals surface area contributed by atoms with Gasteiger partial charge in [-0.15, -0.1) is 10.2 Å². The minimum atomic E-state index is 0.426. The van der Waals surface area contributed by atoms with E-state index in [4.69, 9.17) is 14.4 Å². The van der Waals surface area contributed by atoms with Gasteiger partial charge in [0.25, 0.3) is 0 Å². The van der Waals surface area contributed by atoms with E-state index >= 15 is 0 Å². The molecule has 0 saturated carbocycles. The van der Waals surface area contributed by atoms with Crippen LogP contribution in [0, 0.1) is 11.3 Å². The molecule has 0 radical (unpaired) electrons. The average molecular weight is 331 g/mol. The van der Waals surface area contributed by atoms with Crippen molar-refractivity contribution < 1.29 is 9.15 Å². The van der Waals surface area contributed by atoms with Crippen LogP contribution in [0.5, 0.6) is 5.88 Å². The predicted molar refractivity (Wildman–Crippen MR) is 89.7 cm³/mol. The van der Waals surface area contributed by atoms with Crippen molar-refractivity contribution in [1.82, 2.24) is 15.2 Å². The van der Waals surface area contributed by atoms with E-state index in [9.17, 15) is 0 Å². The normalized spacial score (nSPS) is 12.4. The molecule has 2 aromatic heterocycles. The molecule has 0 atom stereocenters. The Labute approximate surface area is 143 Å². The van der Waals surface area contributed by atoms with Crippen LogP contribution in [-0.2, 0) is 12.8 Å². The van der Waals surface area contributed by atoms with Gasteiger partial charge in [-0.05, 0) is 35.9 Å². The molecular weight excluding hydrogens is 318 g/mol. The van der Waals surface area contributed by atoms with Crippen LogP contribution in [0.15, 0.2) is 45.9 Å². The van der Waals surface area contributed by atoms with Crippen LogP contribution < -0.4 is 4.74 Å². The van der Waals surface area contributed by atoms with Gasteiger partial charge in [-0.3, -0.25) is 4.99 Å². The first-order chi connectivity index (χ1) is 12.3. The molecule has 1 aliphatic heterocycles. The van der Waals surface area contributed by atoms with Crippen molar-refractivity contribution in [1.29, 1.82) is 5.26 Å². The average Bonchev–Trinajstić information content (AvgIpc) is 3.28. The highest BCUT2D eigenvalue weighted by atomic mass is 16.5. The highest BCUT2D eigenvalue weighted by molar-refractivity contribution is 5.95. The van der Waals surface area contributed by atoms with Gasteiger partial charge in [-0.2, -0.15) is 5.26 Å². The number of nitriles is 1. The van der Waals surface area contributed by atoms with Crippen LogP contribution in [0.3, 0.4) is 0 Å². The highest BCUT2D eigenvalue weighted by Crippen LogP contribution is 2.34. The highest BCUT2D eigenvalue weighted by Gasteiger charge is 2.21. The number of rotatable bonds is 4. The fourth-order valence-electron chi connectivity index (χ4n) is 2.71. The third-order valence-electron chi connectivity index (χ3n) is 3.92. The molecule has 0 N–H and O–H groups in total. The molecule has 3 aromatic rings. The number of aliphatic imine (C=N–C) groups is 1. The van der Waals surface area contributed by atoms with E-state index in [1.807, 2.05) is 6.07 Å². The van der Waals surface area contributed by atoms with Gasteiger partial charge in [-0.25, -0.2) is 4.98 Å². The van der Waals surface area contributed by atoms with Gasteiger partial charge in [0, 0.05) is 23.9 Å². The van der Waals surface area contributed by atoms with Crippen LogP contribution in [0.1, 0.15) is 17.0 Å². The van der Waals surface area contributed by atoms with Crippen molar-refractivity contribution in [2.75, 3.05) is 7.11 Å². The fraction of sp³-hybridized carbons (Fsp3) is 0.167. The second-order valence-electron chi connectivity index (χ2n) is 5.55. The molecule has 0 unspecified atom stereocenters. The van der Waals surface area contributed by atoms with Crippen molar-refractivity contribution in [2.24, 2.45) is 4.99 Å². The molecule has 4 rings (SSSR count). The summed E-state index contributed by atoms with van der Waals surface area (Å²) in [6, 6.07) is 11.0. The first kappa shape index (κ1) is 15.0.